The highest BCUT2D eigenvalue weighted by atomic mass is 127. The second-order valence-electron chi connectivity index (χ2n) is 4.80. The number of rotatable bonds is 2. The average molecular weight is 378 g/mol. The van der Waals surface area contributed by atoms with Gasteiger partial charge in [-0.1, -0.05) is 37.3 Å². The molecule has 1 aliphatic carbocycles. The minimum atomic E-state index is 0.164. The van der Waals surface area contributed by atoms with Crippen molar-refractivity contribution in [3.63, 3.8) is 0 Å². The molecule has 1 aromatic rings. The number of hydrogen-bond donors (Lipinski definition) is 1. The lowest BCUT2D eigenvalue weighted by Crippen LogP contribution is -2.22. The largest absolute Gasteiger partial charge is 0.325 e. The lowest BCUT2D eigenvalue weighted by molar-refractivity contribution is -0.120. The van der Waals surface area contributed by atoms with Crippen LogP contribution in [0.4, 0.5) is 5.69 Å². The van der Waals surface area contributed by atoms with Crippen molar-refractivity contribution < 1.29 is 4.79 Å². The van der Waals surface area contributed by atoms with Crippen molar-refractivity contribution >= 4 is 45.8 Å². The topological polar surface area (TPSA) is 29.1 Å². The van der Waals surface area contributed by atoms with Gasteiger partial charge in [-0.15, -0.1) is 0 Å². The zero-order valence-electron chi connectivity index (χ0n) is 10.2. The first-order valence-electron chi connectivity index (χ1n) is 6.43. The second kappa shape index (κ2) is 6.75. The van der Waals surface area contributed by atoms with Gasteiger partial charge in [0.1, 0.15) is 0 Å². The maximum absolute atomic E-state index is 12.2. The molecule has 98 valence electrons. The number of carbonyl (C=O) groups excluding carboxylic acids is 1. The Bertz CT molecular complexity index is 428. The van der Waals surface area contributed by atoms with Crippen molar-refractivity contribution in [1.29, 1.82) is 0 Å². The van der Waals surface area contributed by atoms with Crippen molar-refractivity contribution in [2.45, 2.75) is 38.5 Å². The third-order valence-electron chi connectivity index (χ3n) is 3.41. The van der Waals surface area contributed by atoms with E-state index in [9.17, 15) is 4.79 Å². The molecular formula is C14H17ClINO. The first kappa shape index (κ1) is 14.1. The van der Waals surface area contributed by atoms with E-state index in [-0.39, 0.29) is 11.8 Å². The van der Waals surface area contributed by atoms with Gasteiger partial charge in [0, 0.05) is 14.5 Å². The van der Waals surface area contributed by atoms with Crippen LogP contribution in [-0.4, -0.2) is 5.91 Å². The molecule has 0 saturated heterocycles. The van der Waals surface area contributed by atoms with Crippen LogP contribution in [0.25, 0.3) is 0 Å². The van der Waals surface area contributed by atoms with Crippen LogP contribution in [0.1, 0.15) is 38.5 Å². The van der Waals surface area contributed by atoms with Gasteiger partial charge >= 0.3 is 0 Å². The minimum absolute atomic E-state index is 0.164. The average Bonchev–Trinajstić information content (AvgIpc) is 2.61. The molecule has 0 unspecified atom stereocenters. The molecule has 0 radical (unpaired) electrons. The van der Waals surface area contributed by atoms with Crippen molar-refractivity contribution in [3.8, 4) is 0 Å². The van der Waals surface area contributed by atoms with Gasteiger partial charge in [-0.2, -0.15) is 0 Å². The molecule has 1 aromatic carbocycles. The Kier molecular flexibility index (Phi) is 5.30. The maximum Gasteiger partial charge on any atom is 0.227 e. The normalized spacial score (nSPS) is 17.2. The Morgan fingerprint density at radius 3 is 2.50 bits per heavy atom. The molecule has 0 atom stereocenters. The number of carbonyl (C=O) groups is 1. The van der Waals surface area contributed by atoms with E-state index in [1.165, 1.54) is 25.7 Å². The molecule has 0 aliphatic heterocycles. The molecule has 1 fully saturated rings. The van der Waals surface area contributed by atoms with Gasteiger partial charge < -0.3 is 5.32 Å². The number of amides is 1. The molecule has 4 heteroatoms. The summed E-state index contributed by atoms with van der Waals surface area (Å²) < 4.78 is 0.988. The molecule has 1 saturated carbocycles. The van der Waals surface area contributed by atoms with Crippen molar-refractivity contribution in [3.05, 3.63) is 26.8 Å². The van der Waals surface area contributed by atoms with E-state index in [2.05, 4.69) is 27.9 Å². The summed E-state index contributed by atoms with van der Waals surface area (Å²) in [7, 11) is 0. The molecule has 0 bridgehead atoms. The Morgan fingerprint density at radius 2 is 1.89 bits per heavy atom. The smallest absolute Gasteiger partial charge is 0.227 e. The van der Waals surface area contributed by atoms with Crippen LogP contribution >= 0.6 is 34.2 Å². The maximum atomic E-state index is 12.2. The summed E-state index contributed by atoms with van der Waals surface area (Å²) in [5.41, 5.74) is 0.870. The Morgan fingerprint density at radius 1 is 1.22 bits per heavy atom. The molecule has 2 rings (SSSR count). The summed E-state index contributed by atoms with van der Waals surface area (Å²) in [5, 5.41) is 3.73. The van der Waals surface area contributed by atoms with Crippen molar-refractivity contribution in [1.82, 2.24) is 0 Å². The van der Waals surface area contributed by atoms with E-state index in [4.69, 9.17) is 11.6 Å². The number of benzene rings is 1. The molecule has 2 nitrogen and oxygen atoms in total. The van der Waals surface area contributed by atoms with Gasteiger partial charge in [0.2, 0.25) is 5.91 Å². The number of anilines is 1. The number of hydrogen-bond acceptors (Lipinski definition) is 1. The minimum Gasteiger partial charge on any atom is -0.325 e. The third kappa shape index (κ3) is 3.85. The fourth-order valence-corrected chi connectivity index (χ4v) is 3.37. The standard InChI is InChI=1S/C14H17ClINO/c15-11-7-8-13(12(16)9-11)17-14(18)10-5-3-1-2-4-6-10/h7-10H,1-6H2,(H,17,18). The number of halogens is 2. The summed E-state index contributed by atoms with van der Waals surface area (Å²) in [4.78, 5) is 12.2. The molecular weight excluding hydrogens is 361 g/mol. The van der Waals surface area contributed by atoms with Gasteiger partial charge in [0.05, 0.1) is 5.69 Å². The molecule has 1 amide bonds. The quantitative estimate of drug-likeness (QED) is 0.579. The van der Waals surface area contributed by atoms with Crippen molar-refractivity contribution in [2.75, 3.05) is 5.32 Å². The predicted octanol–water partition coefficient (Wildman–Crippen LogP) is 4.85. The van der Waals surface area contributed by atoms with E-state index in [0.29, 0.717) is 5.02 Å². The lowest BCUT2D eigenvalue weighted by Gasteiger charge is -2.15. The van der Waals surface area contributed by atoms with Gasteiger partial charge in [-0.25, -0.2) is 0 Å². The van der Waals surface area contributed by atoms with E-state index in [1.807, 2.05) is 18.2 Å². The van der Waals surface area contributed by atoms with Gasteiger partial charge in [0.15, 0.2) is 0 Å². The Balaban J connectivity index is 2.01. The first-order chi connectivity index (χ1) is 8.66. The fourth-order valence-electron chi connectivity index (χ4n) is 2.37. The molecule has 0 aromatic heterocycles. The highest BCUT2D eigenvalue weighted by Crippen LogP contribution is 2.26. The van der Waals surface area contributed by atoms with Crippen LogP contribution in [0.3, 0.4) is 0 Å². The molecule has 18 heavy (non-hydrogen) atoms. The number of nitrogens with one attached hydrogen (secondary N) is 1. The van der Waals surface area contributed by atoms with Gasteiger partial charge in [-0.3, -0.25) is 4.79 Å². The van der Waals surface area contributed by atoms with Crippen LogP contribution in [0.2, 0.25) is 5.02 Å². The van der Waals surface area contributed by atoms with Crippen LogP contribution < -0.4 is 5.32 Å². The summed E-state index contributed by atoms with van der Waals surface area (Å²) in [6.07, 6.45) is 6.93. The van der Waals surface area contributed by atoms with E-state index < -0.39 is 0 Å². The van der Waals surface area contributed by atoms with Crippen LogP contribution in [0.15, 0.2) is 18.2 Å². The summed E-state index contributed by atoms with van der Waals surface area (Å²) in [5.74, 6) is 0.344. The van der Waals surface area contributed by atoms with Gasteiger partial charge in [0.25, 0.3) is 0 Å². The second-order valence-corrected chi connectivity index (χ2v) is 6.40. The zero-order chi connectivity index (χ0) is 13.0. The SMILES string of the molecule is O=C(Nc1ccc(Cl)cc1I)C1CCCCCC1. The summed E-state index contributed by atoms with van der Waals surface area (Å²) >= 11 is 8.10. The fraction of sp³-hybridized carbons (Fsp3) is 0.500. The Hall–Kier alpha value is -0.290. The van der Waals surface area contributed by atoms with E-state index >= 15 is 0 Å². The third-order valence-corrected chi connectivity index (χ3v) is 4.54. The van der Waals surface area contributed by atoms with E-state index in [1.54, 1.807) is 0 Å². The van der Waals surface area contributed by atoms with Crippen LogP contribution in [-0.2, 0) is 4.79 Å². The summed E-state index contributed by atoms with van der Waals surface area (Å²) in [6, 6.07) is 5.55. The highest BCUT2D eigenvalue weighted by Gasteiger charge is 2.20. The van der Waals surface area contributed by atoms with Crippen LogP contribution in [0, 0.1) is 9.49 Å². The van der Waals surface area contributed by atoms with Gasteiger partial charge in [-0.05, 0) is 53.6 Å². The highest BCUT2D eigenvalue weighted by molar-refractivity contribution is 14.1. The van der Waals surface area contributed by atoms with Crippen LogP contribution in [0.5, 0.6) is 0 Å². The lowest BCUT2D eigenvalue weighted by atomic mass is 9.99. The first-order valence-corrected chi connectivity index (χ1v) is 7.88. The predicted molar refractivity (Wildman–Crippen MR) is 84.0 cm³/mol. The monoisotopic (exact) mass is 377 g/mol. The Labute approximate surface area is 127 Å². The zero-order valence-corrected chi connectivity index (χ0v) is 13.1. The molecule has 0 heterocycles. The summed E-state index contributed by atoms with van der Waals surface area (Å²) in [6.45, 7) is 0. The van der Waals surface area contributed by atoms with E-state index in [0.717, 1.165) is 22.1 Å². The molecule has 1 N–H and O–H groups in total. The molecule has 1 aliphatic rings. The van der Waals surface area contributed by atoms with Crippen molar-refractivity contribution in [2.24, 2.45) is 5.92 Å². The molecule has 0 spiro atoms.